The standard InChI is InChI=1S/C11H10O5S/c1-2-17(14,15)10-5-7-3-4-11(13)16-9(7)6-8(10)12/h3-6,12H,2H2,1H3. The Bertz CT molecular complexity index is 727. The molecule has 0 saturated carbocycles. The number of sulfone groups is 1. The van der Waals surface area contributed by atoms with Gasteiger partial charge in [-0.25, -0.2) is 13.2 Å². The highest BCUT2D eigenvalue weighted by atomic mass is 32.2. The molecule has 0 unspecified atom stereocenters. The van der Waals surface area contributed by atoms with E-state index in [4.69, 9.17) is 4.42 Å². The van der Waals surface area contributed by atoms with Crippen LogP contribution in [0.3, 0.4) is 0 Å². The Kier molecular flexibility index (Phi) is 2.66. The highest BCUT2D eigenvalue weighted by Gasteiger charge is 2.18. The highest BCUT2D eigenvalue weighted by molar-refractivity contribution is 7.91. The van der Waals surface area contributed by atoms with E-state index in [1.54, 1.807) is 0 Å². The maximum absolute atomic E-state index is 11.7. The van der Waals surface area contributed by atoms with Crippen molar-refractivity contribution < 1.29 is 17.9 Å². The monoisotopic (exact) mass is 254 g/mol. The van der Waals surface area contributed by atoms with Gasteiger partial charge >= 0.3 is 5.63 Å². The number of phenolic OH excluding ortho intramolecular Hbond substituents is 1. The van der Waals surface area contributed by atoms with Gasteiger partial charge < -0.3 is 9.52 Å². The first-order chi connectivity index (χ1) is 7.94. The van der Waals surface area contributed by atoms with Gasteiger partial charge in [0.25, 0.3) is 0 Å². The zero-order valence-electron chi connectivity index (χ0n) is 9.00. The van der Waals surface area contributed by atoms with Crippen LogP contribution in [-0.4, -0.2) is 19.3 Å². The summed E-state index contributed by atoms with van der Waals surface area (Å²) in [5.41, 5.74) is -0.395. The second-order valence-corrected chi connectivity index (χ2v) is 5.76. The zero-order chi connectivity index (χ0) is 12.6. The van der Waals surface area contributed by atoms with E-state index in [-0.39, 0.29) is 16.2 Å². The molecule has 0 aliphatic heterocycles. The maximum atomic E-state index is 11.7. The molecule has 2 aromatic rings. The SMILES string of the molecule is CCS(=O)(=O)c1cc2ccc(=O)oc2cc1O. The molecule has 17 heavy (non-hydrogen) atoms. The minimum atomic E-state index is -3.50. The summed E-state index contributed by atoms with van der Waals surface area (Å²) in [6.45, 7) is 1.49. The maximum Gasteiger partial charge on any atom is 0.336 e. The Hall–Kier alpha value is -1.82. The normalized spacial score (nSPS) is 11.8. The summed E-state index contributed by atoms with van der Waals surface area (Å²) in [6.07, 6.45) is 0. The molecule has 0 radical (unpaired) electrons. The van der Waals surface area contributed by atoms with E-state index in [9.17, 15) is 18.3 Å². The Morgan fingerprint density at radius 3 is 2.65 bits per heavy atom. The van der Waals surface area contributed by atoms with Gasteiger partial charge in [-0.1, -0.05) is 6.92 Å². The molecule has 1 aromatic heterocycles. The number of benzene rings is 1. The molecule has 1 N–H and O–H groups in total. The van der Waals surface area contributed by atoms with Gasteiger partial charge in [0.15, 0.2) is 9.84 Å². The van der Waals surface area contributed by atoms with Crippen molar-refractivity contribution in [1.29, 1.82) is 0 Å². The number of phenols is 1. The lowest BCUT2D eigenvalue weighted by Gasteiger charge is -2.05. The van der Waals surface area contributed by atoms with Crippen molar-refractivity contribution in [2.75, 3.05) is 5.75 Å². The fourth-order valence-corrected chi connectivity index (χ4v) is 2.48. The molecule has 6 heteroatoms. The summed E-state index contributed by atoms with van der Waals surface area (Å²) in [4.78, 5) is 10.8. The number of fused-ring (bicyclic) bond motifs is 1. The number of hydrogen-bond donors (Lipinski definition) is 1. The minimum absolute atomic E-state index is 0.108. The Labute approximate surface area is 97.2 Å². The molecule has 0 aliphatic carbocycles. The average Bonchev–Trinajstić information content (AvgIpc) is 2.27. The van der Waals surface area contributed by atoms with Crippen molar-refractivity contribution in [1.82, 2.24) is 0 Å². The van der Waals surface area contributed by atoms with Crippen LogP contribution in [0, 0.1) is 0 Å². The predicted octanol–water partition coefficient (Wildman–Crippen LogP) is 1.29. The fourth-order valence-electron chi connectivity index (χ4n) is 1.49. The van der Waals surface area contributed by atoms with Gasteiger partial charge in [-0.2, -0.15) is 0 Å². The van der Waals surface area contributed by atoms with Gasteiger partial charge in [0.2, 0.25) is 0 Å². The topological polar surface area (TPSA) is 84.6 Å². The van der Waals surface area contributed by atoms with Crippen molar-refractivity contribution in [3.05, 3.63) is 34.7 Å². The van der Waals surface area contributed by atoms with Crippen LogP contribution in [0.25, 0.3) is 11.0 Å². The van der Waals surface area contributed by atoms with E-state index in [1.165, 1.54) is 25.1 Å². The highest BCUT2D eigenvalue weighted by Crippen LogP contribution is 2.28. The molecule has 1 aromatic carbocycles. The Morgan fingerprint density at radius 1 is 1.29 bits per heavy atom. The smallest absolute Gasteiger partial charge is 0.336 e. The Balaban J connectivity index is 2.81. The van der Waals surface area contributed by atoms with Crippen LogP contribution in [-0.2, 0) is 9.84 Å². The molecule has 2 rings (SSSR count). The third kappa shape index (κ3) is 2.03. The van der Waals surface area contributed by atoms with Crippen LogP contribution in [0.1, 0.15) is 6.92 Å². The van der Waals surface area contributed by atoms with E-state index in [1.807, 2.05) is 0 Å². The van der Waals surface area contributed by atoms with E-state index in [2.05, 4.69) is 0 Å². The minimum Gasteiger partial charge on any atom is -0.506 e. The second-order valence-electron chi connectivity index (χ2n) is 3.52. The predicted molar refractivity (Wildman–Crippen MR) is 61.9 cm³/mol. The van der Waals surface area contributed by atoms with Crippen molar-refractivity contribution in [3.63, 3.8) is 0 Å². The van der Waals surface area contributed by atoms with Crippen LogP contribution in [0.4, 0.5) is 0 Å². The summed E-state index contributed by atoms with van der Waals surface area (Å²) in [5.74, 6) is -0.517. The van der Waals surface area contributed by atoms with Gasteiger partial charge in [0, 0.05) is 17.5 Å². The van der Waals surface area contributed by atoms with Crippen LogP contribution in [0.15, 0.2) is 38.4 Å². The number of rotatable bonds is 2. The molecule has 0 saturated heterocycles. The van der Waals surface area contributed by atoms with Gasteiger partial charge in [0.1, 0.15) is 16.2 Å². The van der Waals surface area contributed by atoms with Crippen molar-refractivity contribution in [2.24, 2.45) is 0 Å². The van der Waals surface area contributed by atoms with Crippen LogP contribution in [0.5, 0.6) is 5.75 Å². The molecule has 0 aliphatic rings. The van der Waals surface area contributed by atoms with E-state index in [0.717, 1.165) is 6.07 Å². The quantitative estimate of drug-likeness (QED) is 0.816. The van der Waals surface area contributed by atoms with Gasteiger partial charge in [-0.05, 0) is 12.1 Å². The largest absolute Gasteiger partial charge is 0.506 e. The van der Waals surface area contributed by atoms with E-state index in [0.29, 0.717) is 5.39 Å². The van der Waals surface area contributed by atoms with Crippen molar-refractivity contribution in [2.45, 2.75) is 11.8 Å². The van der Waals surface area contributed by atoms with Crippen LogP contribution >= 0.6 is 0 Å². The molecule has 5 nitrogen and oxygen atoms in total. The first-order valence-electron chi connectivity index (χ1n) is 4.93. The lowest BCUT2D eigenvalue weighted by molar-refractivity contribution is 0.457. The molecule has 0 fully saturated rings. The van der Waals surface area contributed by atoms with E-state index >= 15 is 0 Å². The van der Waals surface area contributed by atoms with Crippen molar-refractivity contribution in [3.8, 4) is 5.75 Å². The molecule has 0 spiro atoms. The zero-order valence-corrected chi connectivity index (χ0v) is 9.82. The van der Waals surface area contributed by atoms with Gasteiger partial charge in [-0.3, -0.25) is 0 Å². The third-order valence-corrected chi connectivity index (χ3v) is 4.17. The molecule has 0 amide bonds. The first-order valence-corrected chi connectivity index (χ1v) is 6.59. The molecule has 0 atom stereocenters. The molecule has 0 bridgehead atoms. The summed E-state index contributed by atoms with van der Waals surface area (Å²) >= 11 is 0. The molecule has 1 heterocycles. The van der Waals surface area contributed by atoms with Crippen LogP contribution in [0.2, 0.25) is 0 Å². The summed E-state index contributed by atoms with van der Waals surface area (Å²) in [7, 11) is -3.50. The van der Waals surface area contributed by atoms with Gasteiger partial charge in [-0.15, -0.1) is 0 Å². The Morgan fingerprint density at radius 2 is 2.00 bits per heavy atom. The van der Waals surface area contributed by atoms with Crippen LogP contribution < -0.4 is 5.63 Å². The third-order valence-electron chi connectivity index (χ3n) is 2.42. The molecular formula is C11H10O5S. The van der Waals surface area contributed by atoms with E-state index < -0.39 is 21.2 Å². The second kappa shape index (κ2) is 3.89. The average molecular weight is 254 g/mol. The summed E-state index contributed by atoms with van der Waals surface area (Å²) in [5, 5.41) is 10.1. The van der Waals surface area contributed by atoms with Gasteiger partial charge in [0.05, 0.1) is 5.75 Å². The summed E-state index contributed by atoms with van der Waals surface area (Å²) in [6, 6.07) is 5.09. The number of hydrogen-bond acceptors (Lipinski definition) is 5. The lowest BCUT2D eigenvalue weighted by atomic mass is 10.2. The first kappa shape index (κ1) is 11.7. The van der Waals surface area contributed by atoms with Crippen molar-refractivity contribution >= 4 is 20.8 Å². The molecular weight excluding hydrogens is 244 g/mol. The fraction of sp³-hybridized carbons (Fsp3) is 0.182. The summed E-state index contributed by atoms with van der Waals surface area (Å²) < 4.78 is 28.2. The molecule has 90 valence electrons. The lowest BCUT2D eigenvalue weighted by Crippen LogP contribution is -2.04. The number of aromatic hydroxyl groups is 1.